The number of nitrogens with one attached hydrogen (secondary N) is 1. The fourth-order valence-electron chi connectivity index (χ4n) is 3.30. The van der Waals surface area contributed by atoms with Crippen LogP contribution in [-0.2, 0) is 13.0 Å². The minimum Gasteiger partial charge on any atom is -0.352 e. The van der Waals surface area contributed by atoms with Crippen LogP contribution in [0.5, 0.6) is 0 Å². The number of nitrogens with zero attached hydrogens (tertiary/aromatic N) is 3. The molecule has 0 saturated heterocycles. The summed E-state index contributed by atoms with van der Waals surface area (Å²) in [5.74, 6) is 1.65. The van der Waals surface area contributed by atoms with Gasteiger partial charge in [0.05, 0.1) is 6.04 Å². The third-order valence-electron chi connectivity index (χ3n) is 4.74. The Morgan fingerprint density at radius 2 is 1.72 bits per heavy atom. The van der Waals surface area contributed by atoms with E-state index >= 15 is 0 Å². The average Bonchev–Trinajstić information content (AvgIpc) is 2.68. The Hall–Kier alpha value is -2.88. The molecular weight excluding hydrogens is 308 g/mol. The van der Waals surface area contributed by atoms with Crippen LogP contribution in [0.15, 0.2) is 66.9 Å². The van der Waals surface area contributed by atoms with Crippen molar-refractivity contribution in [2.24, 2.45) is 0 Å². The van der Waals surface area contributed by atoms with E-state index in [1.807, 2.05) is 18.3 Å². The minimum absolute atomic E-state index is 0.165. The SMILES string of the molecule is CC(Nc1nccc(N2CCc3ccccc3C2)n1)c1ccccc1. The first-order valence-electron chi connectivity index (χ1n) is 8.76. The molecule has 2 heterocycles. The van der Waals surface area contributed by atoms with Gasteiger partial charge >= 0.3 is 0 Å². The van der Waals surface area contributed by atoms with Crippen molar-refractivity contribution in [2.45, 2.75) is 25.9 Å². The highest BCUT2D eigenvalue weighted by Gasteiger charge is 2.17. The first kappa shape index (κ1) is 15.6. The number of hydrogen-bond donors (Lipinski definition) is 1. The second-order valence-corrected chi connectivity index (χ2v) is 6.46. The topological polar surface area (TPSA) is 41.1 Å². The summed E-state index contributed by atoms with van der Waals surface area (Å²) < 4.78 is 0. The van der Waals surface area contributed by atoms with Gasteiger partial charge in [0.2, 0.25) is 5.95 Å². The van der Waals surface area contributed by atoms with Gasteiger partial charge in [0.1, 0.15) is 5.82 Å². The maximum Gasteiger partial charge on any atom is 0.225 e. The molecule has 4 heteroatoms. The largest absolute Gasteiger partial charge is 0.352 e. The summed E-state index contributed by atoms with van der Waals surface area (Å²) in [6.07, 6.45) is 2.90. The summed E-state index contributed by atoms with van der Waals surface area (Å²) in [6, 6.07) is 21.2. The predicted molar refractivity (Wildman–Crippen MR) is 102 cm³/mol. The van der Waals surface area contributed by atoms with Crippen LogP contribution in [0.3, 0.4) is 0 Å². The molecule has 126 valence electrons. The van der Waals surface area contributed by atoms with E-state index in [2.05, 4.69) is 70.7 Å². The molecule has 0 saturated carbocycles. The summed E-state index contributed by atoms with van der Waals surface area (Å²) in [7, 11) is 0. The normalized spacial score (nSPS) is 14.7. The van der Waals surface area contributed by atoms with Crippen LogP contribution in [0.1, 0.15) is 29.7 Å². The van der Waals surface area contributed by atoms with Gasteiger partial charge in [-0.2, -0.15) is 4.98 Å². The Morgan fingerprint density at radius 1 is 0.960 bits per heavy atom. The molecule has 1 atom stereocenters. The third-order valence-corrected chi connectivity index (χ3v) is 4.74. The second-order valence-electron chi connectivity index (χ2n) is 6.46. The standard InChI is InChI=1S/C21H22N4/c1-16(17-7-3-2-4-8-17)23-21-22-13-11-20(24-21)25-14-12-18-9-5-6-10-19(18)15-25/h2-11,13,16H,12,14-15H2,1H3,(H,22,23,24). The van der Waals surface area contributed by atoms with Crippen LogP contribution < -0.4 is 10.2 Å². The number of hydrogen-bond acceptors (Lipinski definition) is 4. The quantitative estimate of drug-likeness (QED) is 0.778. The van der Waals surface area contributed by atoms with E-state index in [1.165, 1.54) is 16.7 Å². The number of fused-ring (bicyclic) bond motifs is 1. The molecule has 1 N–H and O–H groups in total. The molecule has 4 rings (SSSR count). The molecule has 0 amide bonds. The Bertz CT molecular complexity index is 847. The summed E-state index contributed by atoms with van der Waals surface area (Å²) in [6.45, 7) is 4.02. The monoisotopic (exact) mass is 330 g/mol. The lowest BCUT2D eigenvalue weighted by Crippen LogP contribution is -2.31. The molecule has 1 aliphatic heterocycles. The van der Waals surface area contributed by atoms with Gasteiger partial charge in [-0.15, -0.1) is 0 Å². The van der Waals surface area contributed by atoms with E-state index in [0.29, 0.717) is 5.95 Å². The number of benzene rings is 2. The smallest absolute Gasteiger partial charge is 0.225 e. The Balaban J connectivity index is 1.50. The zero-order valence-electron chi connectivity index (χ0n) is 14.4. The molecule has 1 unspecified atom stereocenters. The fourth-order valence-corrected chi connectivity index (χ4v) is 3.30. The van der Waals surface area contributed by atoms with Crippen molar-refractivity contribution in [2.75, 3.05) is 16.8 Å². The highest BCUT2D eigenvalue weighted by Crippen LogP contribution is 2.24. The molecule has 0 aliphatic carbocycles. The molecule has 0 radical (unpaired) electrons. The number of anilines is 2. The number of aromatic nitrogens is 2. The predicted octanol–water partition coefficient (Wildman–Crippen LogP) is 4.21. The maximum atomic E-state index is 4.74. The van der Waals surface area contributed by atoms with Crippen LogP contribution >= 0.6 is 0 Å². The Morgan fingerprint density at radius 3 is 2.56 bits per heavy atom. The second kappa shape index (κ2) is 6.93. The average molecular weight is 330 g/mol. The van der Waals surface area contributed by atoms with Crippen LogP contribution in [-0.4, -0.2) is 16.5 Å². The van der Waals surface area contributed by atoms with Crippen molar-refractivity contribution in [3.63, 3.8) is 0 Å². The zero-order chi connectivity index (χ0) is 17.1. The molecular formula is C21H22N4. The van der Waals surface area contributed by atoms with E-state index in [-0.39, 0.29) is 6.04 Å². The minimum atomic E-state index is 0.165. The molecule has 4 nitrogen and oxygen atoms in total. The van der Waals surface area contributed by atoms with Crippen LogP contribution in [0, 0.1) is 0 Å². The van der Waals surface area contributed by atoms with Gasteiger partial charge in [0.25, 0.3) is 0 Å². The highest BCUT2D eigenvalue weighted by atomic mass is 15.2. The van der Waals surface area contributed by atoms with E-state index in [0.717, 1.165) is 25.3 Å². The van der Waals surface area contributed by atoms with E-state index in [4.69, 9.17) is 4.98 Å². The Labute approximate surface area is 148 Å². The molecule has 0 bridgehead atoms. The van der Waals surface area contributed by atoms with E-state index < -0.39 is 0 Å². The van der Waals surface area contributed by atoms with Gasteiger partial charge in [-0.25, -0.2) is 4.98 Å². The molecule has 1 aliphatic rings. The summed E-state index contributed by atoms with van der Waals surface area (Å²) in [5, 5.41) is 3.41. The van der Waals surface area contributed by atoms with Gasteiger partial charge in [0.15, 0.2) is 0 Å². The lowest BCUT2D eigenvalue weighted by atomic mass is 10.00. The van der Waals surface area contributed by atoms with Crippen molar-refractivity contribution < 1.29 is 0 Å². The van der Waals surface area contributed by atoms with Crippen molar-refractivity contribution >= 4 is 11.8 Å². The molecule has 0 spiro atoms. The summed E-state index contributed by atoms with van der Waals surface area (Å²) in [5.41, 5.74) is 4.06. The molecule has 25 heavy (non-hydrogen) atoms. The van der Waals surface area contributed by atoms with Crippen LogP contribution in [0.4, 0.5) is 11.8 Å². The van der Waals surface area contributed by atoms with E-state index in [9.17, 15) is 0 Å². The first-order chi connectivity index (χ1) is 12.3. The molecule has 0 fully saturated rings. The number of rotatable bonds is 4. The van der Waals surface area contributed by atoms with Crippen LogP contribution in [0.25, 0.3) is 0 Å². The van der Waals surface area contributed by atoms with Gasteiger partial charge < -0.3 is 10.2 Å². The van der Waals surface area contributed by atoms with Crippen LogP contribution in [0.2, 0.25) is 0 Å². The first-order valence-corrected chi connectivity index (χ1v) is 8.76. The van der Waals surface area contributed by atoms with Gasteiger partial charge in [-0.1, -0.05) is 54.6 Å². The zero-order valence-corrected chi connectivity index (χ0v) is 14.4. The van der Waals surface area contributed by atoms with Gasteiger partial charge in [-0.3, -0.25) is 0 Å². The maximum absolute atomic E-state index is 4.74. The van der Waals surface area contributed by atoms with Crippen molar-refractivity contribution in [3.8, 4) is 0 Å². The molecule has 1 aromatic heterocycles. The fraction of sp³-hybridized carbons (Fsp3) is 0.238. The molecule has 2 aromatic carbocycles. The van der Waals surface area contributed by atoms with Gasteiger partial charge in [-0.05, 0) is 36.1 Å². The lowest BCUT2D eigenvalue weighted by molar-refractivity contribution is 0.718. The highest BCUT2D eigenvalue weighted by molar-refractivity contribution is 5.47. The van der Waals surface area contributed by atoms with Crippen molar-refractivity contribution in [3.05, 3.63) is 83.6 Å². The third kappa shape index (κ3) is 3.48. The molecule has 3 aromatic rings. The van der Waals surface area contributed by atoms with Gasteiger partial charge in [0, 0.05) is 19.3 Å². The Kier molecular flexibility index (Phi) is 4.34. The lowest BCUT2D eigenvalue weighted by Gasteiger charge is -2.30. The summed E-state index contributed by atoms with van der Waals surface area (Å²) >= 11 is 0. The summed E-state index contributed by atoms with van der Waals surface area (Å²) in [4.78, 5) is 11.5. The van der Waals surface area contributed by atoms with E-state index in [1.54, 1.807) is 0 Å². The van der Waals surface area contributed by atoms with Crippen molar-refractivity contribution in [1.29, 1.82) is 0 Å². The van der Waals surface area contributed by atoms with Crippen molar-refractivity contribution in [1.82, 2.24) is 9.97 Å².